The molecule has 3 aromatic rings. The minimum absolute atomic E-state index is 0.103. The number of methoxy groups -OCH3 is 1. The number of amides is 1. The fraction of sp³-hybridized carbons (Fsp3) is 0.261. The van der Waals surface area contributed by atoms with Crippen LogP contribution in [-0.4, -0.2) is 46.3 Å². The standard InChI is InChI=1S/C23H22FN3O3/c1-30-21-9-6-17(13-20(21)24)22(28)18-3-2-11-26(14-18)23(29)16-4-7-19(8-5-16)27-12-10-25-15-27/h4-10,12-13,15,18H,2-3,11,14H2,1H3. The average molecular weight is 407 g/mol. The van der Waals surface area contributed by atoms with Gasteiger partial charge in [0, 0.05) is 48.2 Å². The Labute approximate surface area is 173 Å². The van der Waals surface area contributed by atoms with Gasteiger partial charge in [-0.1, -0.05) is 0 Å². The molecule has 1 atom stereocenters. The highest BCUT2D eigenvalue weighted by Gasteiger charge is 2.30. The van der Waals surface area contributed by atoms with Crippen molar-refractivity contribution in [2.75, 3.05) is 20.2 Å². The van der Waals surface area contributed by atoms with Crippen LogP contribution >= 0.6 is 0 Å². The van der Waals surface area contributed by atoms with Crippen molar-refractivity contribution < 1.29 is 18.7 Å². The summed E-state index contributed by atoms with van der Waals surface area (Å²) in [6.07, 6.45) is 6.63. The summed E-state index contributed by atoms with van der Waals surface area (Å²) in [7, 11) is 1.38. The van der Waals surface area contributed by atoms with Gasteiger partial charge in [0.05, 0.1) is 13.4 Å². The van der Waals surface area contributed by atoms with Gasteiger partial charge in [-0.25, -0.2) is 9.37 Å². The van der Waals surface area contributed by atoms with Crippen LogP contribution in [-0.2, 0) is 0 Å². The molecule has 2 heterocycles. The minimum atomic E-state index is -0.565. The van der Waals surface area contributed by atoms with E-state index in [1.807, 2.05) is 22.9 Å². The summed E-state index contributed by atoms with van der Waals surface area (Å²) in [6, 6.07) is 11.5. The van der Waals surface area contributed by atoms with Crippen molar-refractivity contribution in [1.82, 2.24) is 14.5 Å². The molecular formula is C23H22FN3O3. The first-order valence-electron chi connectivity index (χ1n) is 9.82. The van der Waals surface area contributed by atoms with Crippen molar-refractivity contribution in [2.45, 2.75) is 12.8 Å². The molecule has 6 nitrogen and oxygen atoms in total. The van der Waals surface area contributed by atoms with E-state index >= 15 is 0 Å². The Bertz CT molecular complexity index is 1050. The smallest absolute Gasteiger partial charge is 0.253 e. The van der Waals surface area contributed by atoms with Gasteiger partial charge in [0.15, 0.2) is 17.3 Å². The van der Waals surface area contributed by atoms with Gasteiger partial charge in [0.25, 0.3) is 5.91 Å². The molecule has 1 unspecified atom stereocenters. The molecule has 0 radical (unpaired) electrons. The molecule has 0 aliphatic carbocycles. The molecule has 1 aliphatic rings. The van der Waals surface area contributed by atoms with Gasteiger partial charge in [-0.15, -0.1) is 0 Å². The highest BCUT2D eigenvalue weighted by Crippen LogP contribution is 2.25. The second-order valence-corrected chi connectivity index (χ2v) is 7.32. The Morgan fingerprint density at radius 3 is 2.57 bits per heavy atom. The summed E-state index contributed by atoms with van der Waals surface area (Å²) in [5.74, 6) is -1.06. The van der Waals surface area contributed by atoms with Crippen molar-refractivity contribution in [3.8, 4) is 11.4 Å². The normalized spacial score (nSPS) is 16.3. The van der Waals surface area contributed by atoms with Crippen LogP contribution < -0.4 is 4.74 Å². The number of piperidine rings is 1. The van der Waals surface area contributed by atoms with Gasteiger partial charge < -0.3 is 14.2 Å². The number of nitrogens with zero attached hydrogens (tertiary/aromatic N) is 3. The third-order valence-corrected chi connectivity index (χ3v) is 5.43. The fourth-order valence-electron chi connectivity index (χ4n) is 3.80. The van der Waals surface area contributed by atoms with Crippen molar-refractivity contribution >= 4 is 11.7 Å². The number of carbonyl (C=O) groups excluding carboxylic acids is 2. The number of likely N-dealkylation sites (tertiary alicyclic amines) is 1. The molecule has 2 aromatic carbocycles. The Kier molecular flexibility index (Phi) is 5.61. The minimum Gasteiger partial charge on any atom is -0.494 e. The summed E-state index contributed by atoms with van der Waals surface area (Å²) in [6.45, 7) is 0.928. The number of Topliss-reactive ketones (excluding diaryl/α,β-unsaturated/α-hetero) is 1. The molecule has 0 spiro atoms. The second kappa shape index (κ2) is 8.49. The quantitative estimate of drug-likeness (QED) is 0.604. The maximum atomic E-state index is 14.0. The maximum absolute atomic E-state index is 14.0. The first kappa shape index (κ1) is 19.8. The van der Waals surface area contributed by atoms with Crippen molar-refractivity contribution in [3.63, 3.8) is 0 Å². The lowest BCUT2D eigenvalue weighted by atomic mass is 9.89. The van der Waals surface area contributed by atoms with Gasteiger partial charge in [-0.2, -0.15) is 0 Å². The third-order valence-electron chi connectivity index (χ3n) is 5.43. The highest BCUT2D eigenvalue weighted by molar-refractivity contribution is 5.99. The van der Waals surface area contributed by atoms with Gasteiger partial charge in [0.1, 0.15) is 0 Å². The van der Waals surface area contributed by atoms with Gasteiger partial charge in [-0.3, -0.25) is 9.59 Å². The molecule has 1 aromatic heterocycles. The molecule has 4 rings (SSSR count). The zero-order valence-corrected chi connectivity index (χ0v) is 16.6. The molecule has 1 fully saturated rings. The molecule has 1 saturated heterocycles. The van der Waals surface area contributed by atoms with Crippen LogP contribution in [0.4, 0.5) is 4.39 Å². The molecule has 7 heteroatoms. The third kappa shape index (κ3) is 3.96. The number of benzene rings is 2. The maximum Gasteiger partial charge on any atom is 0.253 e. The SMILES string of the molecule is COc1ccc(C(=O)C2CCCN(C(=O)c3ccc(-n4ccnc4)cc3)C2)cc1F. The largest absolute Gasteiger partial charge is 0.494 e. The molecule has 0 N–H and O–H groups in total. The van der Waals surface area contributed by atoms with E-state index in [9.17, 15) is 14.0 Å². The second-order valence-electron chi connectivity index (χ2n) is 7.32. The van der Waals surface area contributed by atoms with Crippen LogP contribution in [0.5, 0.6) is 5.75 Å². The number of halogens is 1. The van der Waals surface area contributed by atoms with Crippen molar-refractivity contribution in [2.24, 2.45) is 5.92 Å². The van der Waals surface area contributed by atoms with E-state index in [1.165, 1.54) is 19.2 Å². The predicted octanol–water partition coefficient (Wildman–Crippen LogP) is 3.76. The zero-order valence-electron chi connectivity index (χ0n) is 16.6. The molecule has 154 valence electrons. The fourth-order valence-corrected chi connectivity index (χ4v) is 3.80. The van der Waals surface area contributed by atoms with E-state index in [2.05, 4.69) is 4.98 Å². The molecule has 0 saturated carbocycles. The number of hydrogen-bond donors (Lipinski definition) is 0. The van der Waals surface area contributed by atoms with Crippen molar-refractivity contribution in [3.05, 3.63) is 78.1 Å². The number of imidazole rings is 1. The zero-order chi connectivity index (χ0) is 21.1. The van der Waals surface area contributed by atoms with E-state index in [0.717, 1.165) is 12.1 Å². The van der Waals surface area contributed by atoms with Crippen LogP contribution in [0.2, 0.25) is 0 Å². The van der Waals surface area contributed by atoms with Crippen LogP contribution in [0.15, 0.2) is 61.2 Å². The van der Waals surface area contributed by atoms with Gasteiger partial charge >= 0.3 is 0 Å². The van der Waals surface area contributed by atoms with E-state index in [-0.39, 0.29) is 23.4 Å². The molecule has 30 heavy (non-hydrogen) atoms. The molecule has 1 amide bonds. The Balaban J connectivity index is 1.46. The number of ketones is 1. The summed E-state index contributed by atoms with van der Waals surface area (Å²) in [4.78, 5) is 31.6. The van der Waals surface area contributed by atoms with Gasteiger partial charge in [0.2, 0.25) is 0 Å². The summed E-state index contributed by atoms with van der Waals surface area (Å²) >= 11 is 0. The van der Waals surface area contributed by atoms with Gasteiger partial charge in [-0.05, 0) is 55.3 Å². The Morgan fingerprint density at radius 2 is 1.90 bits per heavy atom. The lowest BCUT2D eigenvalue weighted by Gasteiger charge is -2.32. The van der Waals surface area contributed by atoms with E-state index in [0.29, 0.717) is 30.6 Å². The van der Waals surface area contributed by atoms with Crippen molar-refractivity contribution in [1.29, 1.82) is 0 Å². The van der Waals surface area contributed by atoms with E-state index < -0.39 is 5.82 Å². The molecule has 1 aliphatic heterocycles. The summed E-state index contributed by atoms with van der Waals surface area (Å²) < 4.78 is 20.8. The lowest BCUT2D eigenvalue weighted by Crippen LogP contribution is -2.42. The first-order valence-corrected chi connectivity index (χ1v) is 9.82. The monoisotopic (exact) mass is 407 g/mol. The molecular weight excluding hydrogens is 385 g/mol. The Hall–Kier alpha value is -3.48. The molecule has 0 bridgehead atoms. The summed E-state index contributed by atoms with van der Waals surface area (Å²) in [5, 5.41) is 0. The van der Waals surface area contributed by atoms with Crippen LogP contribution in [0.1, 0.15) is 33.6 Å². The van der Waals surface area contributed by atoms with Crippen LogP contribution in [0, 0.1) is 11.7 Å². The van der Waals surface area contributed by atoms with Crippen LogP contribution in [0.3, 0.4) is 0 Å². The lowest BCUT2D eigenvalue weighted by molar-refractivity contribution is 0.0637. The number of hydrogen-bond acceptors (Lipinski definition) is 4. The van der Waals surface area contributed by atoms with E-state index in [4.69, 9.17) is 4.74 Å². The number of rotatable bonds is 5. The highest BCUT2D eigenvalue weighted by atomic mass is 19.1. The predicted molar refractivity (Wildman–Crippen MR) is 109 cm³/mol. The Morgan fingerprint density at radius 1 is 1.13 bits per heavy atom. The number of ether oxygens (including phenoxy) is 1. The number of aromatic nitrogens is 2. The van der Waals surface area contributed by atoms with Crippen LogP contribution in [0.25, 0.3) is 5.69 Å². The van der Waals surface area contributed by atoms with E-state index in [1.54, 1.807) is 35.6 Å². The number of carbonyl (C=O) groups is 2. The topological polar surface area (TPSA) is 64.4 Å². The summed E-state index contributed by atoms with van der Waals surface area (Å²) in [5.41, 5.74) is 1.79. The first-order chi connectivity index (χ1) is 14.6. The average Bonchev–Trinajstić information content (AvgIpc) is 3.33.